The SMILES string of the molecule is CC(CCN)C(=O)Nc1ccc(F)cc1F. The zero-order valence-electron chi connectivity index (χ0n) is 8.97. The zero-order chi connectivity index (χ0) is 12.1. The van der Waals surface area contributed by atoms with Crippen LogP contribution in [0.1, 0.15) is 13.3 Å². The summed E-state index contributed by atoms with van der Waals surface area (Å²) in [5.74, 6) is -2.08. The van der Waals surface area contributed by atoms with Crippen molar-refractivity contribution in [3.8, 4) is 0 Å². The van der Waals surface area contributed by atoms with Crippen LogP contribution in [0.5, 0.6) is 0 Å². The maximum atomic E-state index is 13.2. The highest BCUT2D eigenvalue weighted by atomic mass is 19.1. The quantitative estimate of drug-likeness (QED) is 0.826. The molecule has 0 heterocycles. The predicted octanol–water partition coefficient (Wildman–Crippen LogP) is 1.89. The van der Waals surface area contributed by atoms with Gasteiger partial charge in [-0.05, 0) is 25.1 Å². The second kappa shape index (κ2) is 5.55. The fourth-order valence-electron chi connectivity index (χ4n) is 1.23. The van der Waals surface area contributed by atoms with E-state index in [4.69, 9.17) is 5.73 Å². The van der Waals surface area contributed by atoms with Gasteiger partial charge in [0.1, 0.15) is 11.6 Å². The van der Waals surface area contributed by atoms with E-state index in [9.17, 15) is 13.6 Å². The van der Waals surface area contributed by atoms with Crippen molar-refractivity contribution in [3.63, 3.8) is 0 Å². The maximum Gasteiger partial charge on any atom is 0.227 e. The summed E-state index contributed by atoms with van der Waals surface area (Å²) < 4.78 is 25.8. The topological polar surface area (TPSA) is 55.1 Å². The van der Waals surface area contributed by atoms with Gasteiger partial charge in [0.15, 0.2) is 0 Å². The number of rotatable bonds is 4. The van der Waals surface area contributed by atoms with Gasteiger partial charge in [-0.2, -0.15) is 0 Å². The molecule has 1 aromatic rings. The first-order valence-electron chi connectivity index (χ1n) is 5.00. The normalized spacial score (nSPS) is 12.2. The number of benzene rings is 1. The molecule has 0 fully saturated rings. The van der Waals surface area contributed by atoms with Crippen molar-refractivity contribution in [2.24, 2.45) is 11.7 Å². The Morgan fingerprint density at radius 2 is 2.19 bits per heavy atom. The highest BCUT2D eigenvalue weighted by Crippen LogP contribution is 2.16. The number of anilines is 1. The maximum absolute atomic E-state index is 13.2. The zero-order valence-corrected chi connectivity index (χ0v) is 8.97. The molecule has 0 aliphatic heterocycles. The van der Waals surface area contributed by atoms with Crippen LogP contribution >= 0.6 is 0 Å². The highest BCUT2D eigenvalue weighted by molar-refractivity contribution is 5.92. The lowest BCUT2D eigenvalue weighted by molar-refractivity contribution is -0.119. The lowest BCUT2D eigenvalue weighted by atomic mass is 10.1. The minimum Gasteiger partial charge on any atom is -0.330 e. The number of hydrogen-bond acceptors (Lipinski definition) is 2. The number of halogens is 2. The van der Waals surface area contributed by atoms with Gasteiger partial charge in [-0.3, -0.25) is 4.79 Å². The van der Waals surface area contributed by atoms with Crippen LogP contribution in [0.25, 0.3) is 0 Å². The number of hydrogen-bond donors (Lipinski definition) is 2. The van der Waals surface area contributed by atoms with Crippen molar-refractivity contribution in [2.75, 3.05) is 11.9 Å². The van der Waals surface area contributed by atoms with Crippen molar-refractivity contribution in [1.29, 1.82) is 0 Å². The van der Waals surface area contributed by atoms with Crippen LogP contribution in [0.4, 0.5) is 14.5 Å². The van der Waals surface area contributed by atoms with Gasteiger partial charge in [0.25, 0.3) is 0 Å². The lowest BCUT2D eigenvalue weighted by Crippen LogP contribution is -2.23. The van der Waals surface area contributed by atoms with Crippen LogP contribution < -0.4 is 11.1 Å². The van der Waals surface area contributed by atoms with Crippen molar-refractivity contribution < 1.29 is 13.6 Å². The van der Waals surface area contributed by atoms with Gasteiger partial charge in [-0.15, -0.1) is 0 Å². The van der Waals surface area contributed by atoms with E-state index < -0.39 is 11.6 Å². The summed E-state index contributed by atoms with van der Waals surface area (Å²) in [5, 5.41) is 2.39. The van der Waals surface area contributed by atoms with E-state index in [0.717, 1.165) is 12.1 Å². The van der Waals surface area contributed by atoms with Gasteiger partial charge in [0.05, 0.1) is 5.69 Å². The first-order valence-corrected chi connectivity index (χ1v) is 5.00. The summed E-state index contributed by atoms with van der Waals surface area (Å²) in [4.78, 5) is 11.5. The van der Waals surface area contributed by atoms with E-state index in [0.29, 0.717) is 13.0 Å². The van der Waals surface area contributed by atoms with E-state index in [1.807, 2.05) is 0 Å². The molecule has 0 aliphatic rings. The number of nitrogens with one attached hydrogen (secondary N) is 1. The molecule has 0 spiro atoms. The molecule has 1 rings (SSSR count). The molecule has 0 aromatic heterocycles. The van der Waals surface area contributed by atoms with Gasteiger partial charge < -0.3 is 11.1 Å². The van der Waals surface area contributed by atoms with Crippen LogP contribution in [0.15, 0.2) is 18.2 Å². The van der Waals surface area contributed by atoms with E-state index in [2.05, 4.69) is 5.32 Å². The molecular formula is C11H14F2N2O. The lowest BCUT2D eigenvalue weighted by Gasteiger charge is -2.11. The Labute approximate surface area is 92.6 Å². The standard InChI is InChI=1S/C11H14F2N2O/c1-7(4-5-14)11(16)15-10-3-2-8(12)6-9(10)13/h2-3,6-7H,4-5,14H2,1H3,(H,15,16). The predicted molar refractivity (Wildman–Crippen MR) is 57.8 cm³/mol. The molecule has 3 nitrogen and oxygen atoms in total. The van der Waals surface area contributed by atoms with Crippen molar-refractivity contribution >= 4 is 11.6 Å². The fourth-order valence-corrected chi connectivity index (χ4v) is 1.23. The molecule has 1 amide bonds. The molecule has 0 radical (unpaired) electrons. The summed E-state index contributed by atoms with van der Waals surface area (Å²) in [6, 6.07) is 3.01. The Balaban J connectivity index is 2.69. The van der Waals surface area contributed by atoms with Crippen molar-refractivity contribution in [2.45, 2.75) is 13.3 Å². The van der Waals surface area contributed by atoms with Crippen LogP contribution in [-0.4, -0.2) is 12.5 Å². The van der Waals surface area contributed by atoms with Crippen LogP contribution in [0.3, 0.4) is 0 Å². The van der Waals surface area contributed by atoms with Crippen molar-refractivity contribution in [3.05, 3.63) is 29.8 Å². The molecule has 1 atom stereocenters. The van der Waals surface area contributed by atoms with E-state index >= 15 is 0 Å². The first kappa shape index (κ1) is 12.6. The summed E-state index contributed by atoms with van der Waals surface area (Å²) >= 11 is 0. The monoisotopic (exact) mass is 228 g/mol. The Kier molecular flexibility index (Phi) is 4.37. The summed E-state index contributed by atoms with van der Waals surface area (Å²) in [6.45, 7) is 2.09. The largest absolute Gasteiger partial charge is 0.330 e. The second-order valence-corrected chi connectivity index (χ2v) is 3.59. The van der Waals surface area contributed by atoms with Gasteiger partial charge in [0.2, 0.25) is 5.91 Å². The average Bonchev–Trinajstić information content (AvgIpc) is 2.22. The third kappa shape index (κ3) is 3.27. The molecule has 5 heteroatoms. The van der Waals surface area contributed by atoms with Crippen molar-refractivity contribution in [1.82, 2.24) is 0 Å². The Hall–Kier alpha value is -1.49. The molecule has 0 aliphatic carbocycles. The van der Waals surface area contributed by atoms with Crippen LogP contribution in [0, 0.1) is 17.6 Å². The highest BCUT2D eigenvalue weighted by Gasteiger charge is 2.14. The molecule has 1 aromatic carbocycles. The Bertz CT molecular complexity index is 382. The van der Waals surface area contributed by atoms with Gasteiger partial charge in [0, 0.05) is 12.0 Å². The Morgan fingerprint density at radius 1 is 1.50 bits per heavy atom. The van der Waals surface area contributed by atoms with E-state index in [1.54, 1.807) is 6.92 Å². The summed E-state index contributed by atoms with van der Waals surface area (Å²) in [5.41, 5.74) is 5.29. The molecule has 0 saturated heterocycles. The third-order valence-corrected chi connectivity index (χ3v) is 2.24. The third-order valence-electron chi connectivity index (χ3n) is 2.24. The van der Waals surface area contributed by atoms with E-state index in [1.165, 1.54) is 6.07 Å². The summed E-state index contributed by atoms with van der Waals surface area (Å²) in [7, 11) is 0. The number of carbonyl (C=O) groups excluding carboxylic acids is 1. The minimum atomic E-state index is -0.784. The molecule has 1 unspecified atom stereocenters. The average molecular weight is 228 g/mol. The van der Waals surface area contributed by atoms with Gasteiger partial charge in [-0.25, -0.2) is 8.78 Å². The molecular weight excluding hydrogens is 214 g/mol. The first-order chi connectivity index (χ1) is 7.54. The van der Waals surface area contributed by atoms with E-state index in [-0.39, 0.29) is 17.5 Å². The molecule has 0 saturated carbocycles. The fraction of sp³-hybridized carbons (Fsp3) is 0.364. The number of nitrogens with two attached hydrogens (primary N) is 1. The van der Waals surface area contributed by atoms with Crippen LogP contribution in [-0.2, 0) is 4.79 Å². The van der Waals surface area contributed by atoms with Gasteiger partial charge in [-0.1, -0.05) is 6.92 Å². The summed E-state index contributed by atoms with van der Waals surface area (Å²) in [6.07, 6.45) is 0.522. The molecule has 88 valence electrons. The molecule has 3 N–H and O–H groups in total. The second-order valence-electron chi connectivity index (χ2n) is 3.59. The minimum absolute atomic E-state index is 0.0183. The number of amides is 1. The number of carbonyl (C=O) groups is 1. The smallest absolute Gasteiger partial charge is 0.227 e. The molecule has 0 bridgehead atoms. The van der Waals surface area contributed by atoms with Crippen LogP contribution in [0.2, 0.25) is 0 Å². The Morgan fingerprint density at radius 3 is 2.75 bits per heavy atom. The van der Waals surface area contributed by atoms with Gasteiger partial charge >= 0.3 is 0 Å². The molecule has 16 heavy (non-hydrogen) atoms.